The van der Waals surface area contributed by atoms with E-state index >= 15 is 0 Å². The summed E-state index contributed by atoms with van der Waals surface area (Å²) in [5.41, 5.74) is 7.61. The second kappa shape index (κ2) is 6.89. The Kier molecular flexibility index (Phi) is 5.19. The van der Waals surface area contributed by atoms with E-state index in [2.05, 4.69) is 13.8 Å². The normalized spacial score (nSPS) is 24.8. The second-order valence-electron chi connectivity index (χ2n) is 9.08. The maximum Gasteiger partial charge on any atom is 0.244 e. The number of carbonyl (C=O) groups is 1. The molecule has 3 rings (SSSR count). The van der Waals surface area contributed by atoms with Gasteiger partial charge in [-0.2, -0.15) is 0 Å². The van der Waals surface area contributed by atoms with Crippen LogP contribution in [0.15, 0.2) is 23.1 Å². The zero-order valence-electron chi connectivity index (χ0n) is 16.9. The molecule has 1 aliphatic heterocycles. The number of likely N-dealkylation sites (tertiary alicyclic amines) is 1. The van der Waals surface area contributed by atoms with Crippen LogP contribution in [0.5, 0.6) is 0 Å². The van der Waals surface area contributed by atoms with Crippen LogP contribution in [-0.2, 0) is 14.6 Å². The predicted molar refractivity (Wildman–Crippen MR) is 107 cm³/mol. The summed E-state index contributed by atoms with van der Waals surface area (Å²) in [6.45, 7) is 8.85. The van der Waals surface area contributed by atoms with Crippen molar-refractivity contribution in [1.82, 2.24) is 4.90 Å². The molecule has 1 unspecified atom stereocenters. The van der Waals surface area contributed by atoms with Crippen LogP contribution in [-0.4, -0.2) is 43.1 Å². The Balaban J connectivity index is 2.03. The van der Waals surface area contributed by atoms with Crippen LogP contribution < -0.4 is 5.73 Å². The van der Waals surface area contributed by atoms with Gasteiger partial charge in [0.1, 0.15) is 0 Å². The Bertz CT molecular complexity index is 839. The number of rotatable bonds is 3. The molecule has 2 fully saturated rings. The molecule has 1 aromatic carbocycles. The minimum absolute atomic E-state index is 0.0247. The van der Waals surface area contributed by atoms with Crippen molar-refractivity contribution in [2.24, 2.45) is 11.1 Å². The Hall–Kier alpha value is -1.40. The number of hydrogen-bond donors (Lipinski definition) is 1. The molecule has 0 bridgehead atoms. The summed E-state index contributed by atoms with van der Waals surface area (Å²) in [5.74, 6) is -0.221. The van der Waals surface area contributed by atoms with E-state index in [1.807, 2.05) is 26.0 Å². The number of amides is 1. The van der Waals surface area contributed by atoms with Gasteiger partial charge in [-0.05, 0) is 55.7 Å². The van der Waals surface area contributed by atoms with Crippen molar-refractivity contribution in [2.75, 3.05) is 13.1 Å². The summed E-state index contributed by atoms with van der Waals surface area (Å²) >= 11 is 0. The molecule has 2 N–H and O–H groups in total. The molecule has 6 heteroatoms. The highest BCUT2D eigenvalue weighted by Crippen LogP contribution is 2.44. The van der Waals surface area contributed by atoms with E-state index in [0.29, 0.717) is 42.8 Å². The number of benzene rings is 1. The molecular formula is C21H32N2O3S. The number of piperidine rings is 1. The zero-order chi connectivity index (χ0) is 20.0. The van der Waals surface area contributed by atoms with Crippen LogP contribution in [0.4, 0.5) is 0 Å². The van der Waals surface area contributed by atoms with Crippen LogP contribution in [0.3, 0.4) is 0 Å². The summed E-state index contributed by atoms with van der Waals surface area (Å²) in [7, 11) is -3.78. The van der Waals surface area contributed by atoms with E-state index in [9.17, 15) is 13.2 Å². The zero-order valence-corrected chi connectivity index (χ0v) is 17.7. The smallest absolute Gasteiger partial charge is 0.244 e. The Morgan fingerprint density at radius 3 is 2.41 bits per heavy atom. The van der Waals surface area contributed by atoms with E-state index in [0.717, 1.165) is 18.4 Å². The van der Waals surface area contributed by atoms with Gasteiger partial charge in [-0.3, -0.25) is 4.79 Å². The number of nitrogens with zero attached hydrogens (tertiary/aromatic N) is 1. The van der Waals surface area contributed by atoms with Gasteiger partial charge in [0, 0.05) is 19.1 Å². The molecule has 0 aromatic heterocycles. The highest BCUT2D eigenvalue weighted by atomic mass is 32.2. The van der Waals surface area contributed by atoms with Crippen molar-refractivity contribution in [3.8, 4) is 0 Å². The standard InChI is InChI=1S/C21H32N2O3S/c1-15-7-8-16(2)17(13-15)27(25,26)21(10-5-6-11-21)19(24)23-12-9-18(22)20(3,4)14-23/h7-8,13,18H,5-6,9-12,14,22H2,1-4H3. The molecule has 0 spiro atoms. The molecule has 1 atom stereocenters. The van der Waals surface area contributed by atoms with E-state index < -0.39 is 14.6 Å². The minimum Gasteiger partial charge on any atom is -0.341 e. The van der Waals surface area contributed by atoms with Gasteiger partial charge in [-0.15, -0.1) is 0 Å². The lowest BCUT2D eigenvalue weighted by Crippen LogP contribution is -2.60. The largest absolute Gasteiger partial charge is 0.341 e. The van der Waals surface area contributed by atoms with Gasteiger partial charge in [0.2, 0.25) is 5.91 Å². The number of aryl methyl sites for hydroxylation is 2. The molecule has 1 amide bonds. The molecular weight excluding hydrogens is 360 g/mol. The van der Waals surface area contributed by atoms with Crippen LogP contribution in [0.25, 0.3) is 0 Å². The first-order valence-corrected chi connectivity index (χ1v) is 11.4. The lowest BCUT2D eigenvalue weighted by Gasteiger charge is -2.45. The van der Waals surface area contributed by atoms with E-state index in [-0.39, 0.29) is 17.4 Å². The van der Waals surface area contributed by atoms with Gasteiger partial charge >= 0.3 is 0 Å². The number of sulfone groups is 1. The van der Waals surface area contributed by atoms with Gasteiger partial charge in [0.15, 0.2) is 14.6 Å². The number of hydrogen-bond acceptors (Lipinski definition) is 4. The first kappa shape index (κ1) is 20.3. The average Bonchev–Trinajstić information content (AvgIpc) is 3.10. The van der Waals surface area contributed by atoms with Gasteiger partial charge in [-0.25, -0.2) is 8.42 Å². The van der Waals surface area contributed by atoms with Crippen molar-refractivity contribution >= 4 is 15.7 Å². The van der Waals surface area contributed by atoms with E-state index in [1.54, 1.807) is 11.0 Å². The van der Waals surface area contributed by atoms with E-state index in [1.165, 1.54) is 0 Å². The van der Waals surface area contributed by atoms with Crippen LogP contribution in [0, 0.1) is 19.3 Å². The Morgan fingerprint density at radius 2 is 1.81 bits per heavy atom. The third kappa shape index (κ3) is 3.31. The molecule has 1 aromatic rings. The summed E-state index contributed by atoms with van der Waals surface area (Å²) in [6.07, 6.45) is 3.06. The molecule has 1 aliphatic carbocycles. The van der Waals surface area contributed by atoms with Gasteiger partial charge in [0.25, 0.3) is 0 Å². The van der Waals surface area contributed by atoms with E-state index in [4.69, 9.17) is 5.73 Å². The molecule has 27 heavy (non-hydrogen) atoms. The van der Waals surface area contributed by atoms with Crippen molar-refractivity contribution in [2.45, 2.75) is 75.5 Å². The Morgan fingerprint density at radius 1 is 1.19 bits per heavy atom. The minimum atomic E-state index is -3.78. The number of carbonyl (C=O) groups excluding carboxylic acids is 1. The quantitative estimate of drug-likeness (QED) is 0.857. The highest BCUT2D eigenvalue weighted by molar-refractivity contribution is 7.93. The maximum absolute atomic E-state index is 13.8. The van der Waals surface area contributed by atoms with Gasteiger partial charge < -0.3 is 10.6 Å². The highest BCUT2D eigenvalue weighted by Gasteiger charge is 2.55. The molecule has 1 heterocycles. The monoisotopic (exact) mass is 392 g/mol. The van der Waals surface area contributed by atoms with Gasteiger partial charge in [-0.1, -0.05) is 38.8 Å². The molecule has 5 nitrogen and oxygen atoms in total. The third-order valence-electron chi connectivity index (χ3n) is 6.55. The maximum atomic E-state index is 13.8. The molecule has 1 saturated heterocycles. The molecule has 150 valence electrons. The second-order valence-corrected chi connectivity index (χ2v) is 11.3. The molecule has 0 radical (unpaired) electrons. The van der Waals surface area contributed by atoms with Crippen molar-refractivity contribution in [3.63, 3.8) is 0 Å². The van der Waals surface area contributed by atoms with Crippen molar-refractivity contribution in [3.05, 3.63) is 29.3 Å². The summed E-state index contributed by atoms with van der Waals surface area (Å²) in [5, 5.41) is 0. The lowest BCUT2D eigenvalue weighted by molar-refractivity contribution is -0.137. The third-order valence-corrected chi connectivity index (χ3v) is 9.18. The fourth-order valence-corrected chi connectivity index (χ4v) is 7.03. The van der Waals surface area contributed by atoms with Crippen LogP contribution in [0.2, 0.25) is 0 Å². The van der Waals surface area contributed by atoms with Crippen molar-refractivity contribution < 1.29 is 13.2 Å². The lowest BCUT2D eigenvalue weighted by atomic mass is 9.79. The van der Waals surface area contributed by atoms with Crippen LogP contribution >= 0.6 is 0 Å². The van der Waals surface area contributed by atoms with Gasteiger partial charge in [0.05, 0.1) is 4.90 Å². The first-order valence-electron chi connectivity index (χ1n) is 9.88. The van der Waals surface area contributed by atoms with Crippen molar-refractivity contribution in [1.29, 1.82) is 0 Å². The molecule has 2 aliphatic rings. The SMILES string of the molecule is Cc1ccc(C)c(S(=O)(=O)C2(C(=O)N3CCC(N)C(C)(C)C3)CCCC2)c1. The fraction of sp³-hybridized carbons (Fsp3) is 0.667. The topological polar surface area (TPSA) is 80.5 Å². The number of nitrogens with two attached hydrogens (primary N) is 1. The Labute approximate surface area is 163 Å². The summed E-state index contributed by atoms with van der Waals surface area (Å²) < 4.78 is 26.2. The van der Waals surface area contributed by atoms with Crippen LogP contribution in [0.1, 0.15) is 57.1 Å². The predicted octanol–water partition coefficient (Wildman–Crippen LogP) is 2.98. The summed E-state index contributed by atoms with van der Waals surface area (Å²) in [4.78, 5) is 15.7. The first-order chi connectivity index (χ1) is 12.5. The average molecular weight is 393 g/mol. The summed E-state index contributed by atoms with van der Waals surface area (Å²) in [6, 6.07) is 5.48. The molecule has 1 saturated carbocycles. The fourth-order valence-electron chi connectivity index (χ4n) is 4.59.